The Balaban J connectivity index is 0.882. The molecule has 5 aromatic rings. The van der Waals surface area contributed by atoms with E-state index in [4.69, 9.17) is 5.73 Å². The maximum atomic E-state index is 13.3. The van der Waals surface area contributed by atoms with E-state index in [0.29, 0.717) is 29.2 Å². The topological polar surface area (TPSA) is 125 Å². The minimum absolute atomic E-state index is 0.259. The second-order valence-corrected chi connectivity index (χ2v) is 13.8. The zero-order chi connectivity index (χ0) is 33.7. The van der Waals surface area contributed by atoms with Crippen molar-refractivity contribution in [2.75, 3.05) is 23.7 Å². The molecule has 3 aromatic carbocycles. The lowest BCUT2D eigenvalue weighted by Crippen LogP contribution is -2.23. The van der Waals surface area contributed by atoms with Gasteiger partial charge in [0, 0.05) is 41.9 Å². The van der Waals surface area contributed by atoms with Crippen molar-refractivity contribution in [1.29, 1.82) is 0 Å². The third kappa shape index (κ3) is 7.85. The van der Waals surface area contributed by atoms with Gasteiger partial charge in [-0.2, -0.15) is 10.2 Å². The van der Waals surface area contributed by atoms with Crippen molar-refractivity contribution in [3.8, 4) is 22.5 Å². The number of aromatic amines is 2. The monoisotopic (exact) mass is 663 g/mol. The van der Waals surface area contributed by atoms with Crippen molar-refractivity contribution < 1.29 is 13.6 Å². The van der Waals surface area contributed by atoms with E-state index >= 15 is 0 Å². The highest BCUT2D eigenvalue weighted by atomic mass is 19.1. The Hall–Kier alpha value is -4.99. The van der Waals surface area contributed by atoms with Gasteiger partial charge in [0.2, 0.25) is 5.91 Å². The second-order valence-electron chi connectivity index (χ2n) is 13.8. The van der Waals surface area contributed by atoms with Gasteiger partial charge >= 0.3 is 0 Å². The molecule has 8 nitrogen and oxygen atoms in total. The average molecular weight is 664 g/mol. The number of nitrogens with one attached hydrogen (secondary N) is 4. The summed E-state index contributed by atoms with van der Waals surface area (Å²) in [6.45, 7) is 1.71. The summed E-state index contributed by atoms with van der Waals surface area (Å²) in [6, 6.07) is 23.1. The lowest BCUT2D eigenvalue weighted by atomic mass is 9.75. The number of nitrogens with two attached hydrogens (primary N) is 1. The number of halogens is 2. The van der Waals surface area contributed by atoms with Gasteiger partial charge in [0.25, 0.3) is 0 Å². The molecule has 2 aliphatic carbocycles. The maximum absolute atomic E-state index is 13.3. The van der Waals surface area contributed by atoms with E-state index in [2.05, 4.69) is 49.2 Å². The minimum atomic E-state index is -0.339. The third-order valence-corrected chi connectivity index (χ3v) is 10.5. The molecular weight excluding hydrogens is 620 g/mol. The van der Waals surface area contributed by atoms with Gasteiger partial charge in [-0.1, -0.05) is 12.1 Å². The molecule has 2 heterocycles. The summed E-state index contributed by atoms with van der Waals surface area (Å²) in [7, 11) is 0. The number of H-pyrrole nitrogens is 2. The molecule has 10 heteroatoms. The molecule has 2 aliphatic rings. The largest absolute Gasteiger partial charge is 0.370 e. The normalized spacial score (nSPS) is 20.9. The molecule has 254 valence electrons. The van der Waals surface area contributed by atoms with E-state index in [1.165, 1.54) is 29.8 Å². The Morgan fingerprint density at radius 1 is 0.653 bits per heavy atom. The molecule has 0 saturated heterocycles. The number of carbonyl (C=O) groups is 1. The van der Waals surface area contributed by atoms with Crippen LogP contribution in [0.15, 0.2) is 78.9 Å². The van der Waals surface area contributed by atoms with E-state index in [9.17, 15) is 13.6 Å². The highest BCUT2D eigenvalue weighted by molar-refractivity contribution is 5.94. The maximum Gasteiger partial charge on any atom is 0.248 e. The lowest BCUT2D eigenvalue weighted by molar-refractivity contribution is 0.0998. The minimum Gasteiger partial charge on any atom is -0.370 e. The number of benzene rings is 3. The zero-order valence-electron chi connectivity index (χ0n) is 27.5. The highest BCUT2D eigenvalue weighted by Crippen LogP contribution is 2.40. The van der Waals surface area contributed by atoms with Crippen LogP contribution in [0.3, 0.4) is 0 Å². The van der Waals surface area contributed by atoms with Crippen molar-refractivity contribution in [2.24, 2.45) is 17.6 Å². The second kappa shape index (κ2) is 14.6. The fourth-order valence-corrected chi connectivity index (χ4v) is 7.64. The molecule has 6 N–H and O–H groups in total. The molecule has 0 radical (unpaired) electrons. The summed E-state index contributed by atoms with van der Waals surface area (Å²) >= 11 is 0. The van der Waals surface area contributed by atoms with E-state index in [-0.39, 0.29) is 17.5 Å². The third-order valence-electron chi connectivity index (χ3n) is 10.5. The number of hydrogen-bond donors (Lipinski definition) is 5. The Kier molecular flexibility index (Phi) is 9.72. The number of hydrogen-bond acceptors (Lipinski definition) is 5. The van der Waals surface area contributed by atoms with Crippen LogP contribution >= 0.6 is 0 Å². The van der Waals surface area contributed by atoms with Crippen LogP contribution < -0.4 is 16.4 Å². The number of carbonyl (C=O) groups excluding carboxylic acids is 1. The van der Waals surface area contributed by atoms with Crippen LogP contribution in [0.5, 0.6) is 0 Å². The van der Waals surface area contributed by atoms with Gasteiger partial charge in [0.1, 0.15) is 23.3 Å². The Labute approximate surface area is 285 Å². The van der Waals surface area contributed by atoms with E-state index in [0.717, 1.165) is 104 Å². The number of aromatic nitrogens is 4. The molecule has 0 bridgehead atoms. The molecule has 0 aliphatic heterocycles. The zero-order valence-corrected chi connectivity index (χ0v) is 27.5. The fraction of sp³-hybridized carbons (Fsp3) is 0.359. The SMILES string of the molecule is NC(=O)c1cc(C2CCC(CNc3cc(-c4ccc(F)cc4)n[nH]3)CC2)ccc1C1CCC(CNc2cc(-c3ccc(F)cc3)n[nH]2)CC1. The first kappa shape index (κ1) is 32.6. The van der Waals surface area contributed by atoms with Crippen LogP contribution in [0.4, 0.5) is 20.4 Å². The van der Waals surface area contributed by atoms with Crippen LogP contribution in [0.25, 0.3) is 22.5 Å². The summed E-state index contributed by atoms with van der Waals surface area (Å²) in [6.07, 6.45) is 8.55. The van der Waals surface area contributed by atoms with Crippen LogP contribution in [-0.2, 0) is 0 Å². The van der Waals surface area contributed by atoms with Crippen molar-refractivity contribution in [1.82, 2.24) is 20.4 Å². The van der Waals surface area contributed by atoms with Crippen molar-refractivity contribution in [3.63, 3.8) is 0 Å². The van der Waals surface area contributed by atoms with Crippen LogP contribution in [0, 0.1) is 23.5 Å². The Bertz CT molecular complexity index is 1850. The van der Waals surface area contributed by atoms with E-state index < -0.39 is 0 Å². The van der Waals surface area contributed by atoms with E-state index in [1.807, 2.05) is 12.1 Å². The molecular formula is C39H43F2N7O. The molecule has 2 saturated carbocycles. The molecule has 1 amide bonds. The number of primary amides is 1. The van der Waals surface area contributed by atoms with Crippen LogP contribution in [0.1, 0.15) is 84.7 Å². The molecule has 2 aromatic heterocycles. The predicted molar refractivity (Wildman–Crippen MR) is 189 cm³/mol. The average Bonchev–Trinajstić information content (AvgIpc) is 3.81. The molecule has 0 unspecified atom stereocenters. The van der Waals surface area contributed by atoms with Gasteiger partial charge in [-0.25, -0.2) is 8.78 Å². The Morgan fingerprint density at radius 3 is 1.59 bits per heavy atom. The number of amides is 1. The summed E-state index contributed by atoms with van der Waals surface area (Å²) in [5.41, 5.74) is 12.3. The molecule has 0 atom stereocenters. The summed E-state index contributed by atoms with van der Waals surface area (Å²) in [5.74, 6) is 2.70. The molecule has 0 spiro atoms. The lowest BCUT2D eigenvalue weighted by Gasteiger charge is -2.31. The van der Waals surface area contributed by atoms with Crippen molar-refractivity contribution in [2.45, 2.75) is 63.2 Å². The number of rotatable bonds is 11. The van der Waals surface area contributed by atoms with Gasteiger partial charge in [-0.05, 0) is 141 Å². The van der Waals surface area contributed by atoms with Crippen LogP contribution in [0.2, 0.25) is 0 Å². The smallest absolute Gasteiger partial charge is 0.248 e. The predicted octanol–water partition coefficient (Wildman–Crippen LogP) is 8.62. The fourth-order valence-electron chi connectivity index (χ4n) is 7.64. The summed E-state index contributed by atoms with van der Waals surface area (Å²) in [4.78, 5) is 12.7. The Morgan fingerprint density at radius 2 is 1.12 bits per heavy atom. The molecule has 7 rings (SSSR count). The van der Waals surface area contributed by atoms with Gasteiger partial charge in [0.15, 0.2) is 0 Å². The van der Waals surface area contributed by atoms with Gasteiger partial charge in [-0.15, -0.1) is 0 Å². The highest BCUT2D eigenvalue weighted by Gasteiger charge is 2.28. The number of nitrogens with zero attached hydrogens (tertiary/aromatic N) is 2. The van der Waals surface area contributed by atoms with Gasteiger partial charge < -0.3 is 16.4 Å². The first-order valence-electron chi connectivity index (χ1n) is 17.4. The summed E-state index contributed by atoms with van der Waals surface area (Å²) in [5, 5.41) is 21.8. The van der Waals surface area contributed by atoms with Gasteiger partial charge in [0.05, 0.1) is 11.4 Å². The standard InChI is InChI=1S/C39H43F2N7O/c40-31-14-9-28(10-15-31)35-20-37(47-45-35)43-22-24-1-5-26(6-2-24)30-13-18-33(34(19-30)39(42)49)27-7-3-25(4-8-27)23-44-38-21-36(46-48-38)29-11-16-32(41)17-12-29/h9-21,24-27H,1-8,22-23H2,(H2,42,49)(H2,43,45,47)(H2,44,46,48). The first-order chi connectivity index (χ1) is 23.9. The molecule has 49 heavy (non-hydrogen) atoms. The summed E-state index contributed by atoms with van der Waals surface area (Å²) < 4.78 is 26.5. The van der Waals surface area contributed by atoms with Crippen molar-refractivity contribution >= 4 is 17.5 Å². The quantitative estimate of drug-likeness (QED) is 0.0968. The number of anilines is 2. The van der Waals surface area contributed by atoms with Crippen molar-refractivity contribution in [3.05, 3.63) is 107 Å². The van der Waals surface area contributed by atoms with E-state index in [1.54, 1.807) is 24.3 Å². The van der Waals surface area contributed by atoms with Gasteiger partial charge in [-0.3, -0.25) is 15.0 Å². The molecule has 2 fully saturated rings. The first-order valence-corrected chi connectivity index (χ1v) is 17.4. The van der Waals surface area contributed by atoms with Crippen LogP contribution in [-0.4, -0.2) is 39.4 Å².